The van der Waals surface area contributed by atoms with Crippen LogP contribution in [-0.2, 0) is 14.3 Å². The highest BCUT2D eigenvalue weighted by Gasteiger charge is 2.37. The smallest absolute Gasteiger partial charge is 0.355 e. The molecule has 3 rings (SSSR count). The van der Waals surface area contributed by atoms with E-state index in [0.717, 1.165) is 11.1 Å². The molecular formula is C19H15BrClNO4. The third kappa shape index (κ3) is 3.76. The molecule has 0 unspecified atom stereocenters. The number of esters is 2. The molecule has 0 saturated heterocycles. The number of ether oxygens (including phenoxy) is 2. The number of halogens is 2. The van der Waals surface area contributed by atoms with Crippen LogP contribution in [-0.4, -0.2) is 18.2 Å². The van der Waals surface area contributed by atoms with Gasteiger partial charge in [-0.15, -0.1) is 0 Å². The van der Waals surface area contributed by atoms with Crippen molar-refractivity contribution in [3.63, 3.8) is 0 Å². The zero-order valence-corrected chi connectivity index (χ0v) is 16.3. The Morgan fingerprint density at radius 1 is 1.19 bits per heavy atom. The van der Waals surface area contributed by atoms with E-state index in [1.165, 1.54) is 0 Å². The van der Waals surface area contributed by atoms with E-state index >= 15 is 0 Å². The summed E-state index contributed by atoms with van der Waals surface area (Å²) < 4.78 is 11.0. The number of hydrogen-bond acceptors (Lipinski definition) is 5. The molecule has 1 atom stereocenters. The van der Waals surface area contributed by atoms with Gasteiger partial charge < -0.3 is 14.8 Å². The standard InChI is InChI=1S/C19H15BrClNO4/c1-10-7-8-12(9-11(10)2)22-16-15(21)18(24)26-19(16)25-17(23)13-5-3-4-6-14(13)20/h3-9,19,22H,1-2H3/t19-/m0/s1. The second-order valence-electron chi connectivity index (χ2n) is 5.77. The second kappa shape index (κ2) is 7.51. The molecule has 1 aliphatic heterocycles. The highest BCUT2D eigenvalue weighted by Crippen LogP contribution is 2.30. The Morgan fingerprint density at radius 2 is 1.92 bits per heavy atom. The first kappa shape index (κ1) is 18.5. The van der Waals surface area contributed by atoms with Crippen molar-refractivity contribution < 1.29 is 19.1 Å². The summed E-state index contributed by atoms with van der Waals surface area (Å²) in [4.78, 5) is 24.2. The van der Waals surface area contributed by atoms with Gasteiger partial charge in [0, 0.05) is 10.2 Å². The summed E-state index contributed by atoms with van der Waals surface area (Å²) in [5.74, 6) is -1.39. The minimum atomic E-state index is -1.24. The van der Waals surface area contributed by atoms with Crippen molar-refractivity contribution >= 4 is 45.2 Å². The summed E-state index contributed by atoms with van der Waals surface area (Å²) in [6.45, 7) is 3.97. The number of hydrogen-bond donors (Lipinski definition) is 1. The molecule has 2 aromatic rings. The molecule has 0 saturated carbocycles. The lowest BCUT2D eigenvalue weighted by Crippen LogP contribution is -2.24. The second-order valence-corrected chi connectivity index (χ2v) is 7.01. The largest absolute Gasteiger partial charge is 0.415 e. The van der Waals surface area contributed by atoms with Crippen molar-refractivity contribution in [3.8, 4) is 0 Å². The topological polar surface area (TPSA) is 64.6 Å². The summed E-state index contributed by atoms with van der Waals surface area (Å²) in [5.41, 5.74) is 3.42. The van der Waals surface area contributed by atoms with Gasteiger partial charge in [0.15, 0.2) is 5.03 Å². The van der Waals surface area contributed by atoms with Crippen LogP contribution in [0.4, 0.5) is 5.69 Å². The molecule has 134 valence electrons. The van der Waals surface area contributed by atoms with E-state index in [9.17, 15) is 9.59 Å². The molecule has 0 fully saturated rings. The number of carbonyl (C=O) groups excluding carboxylic acids is 2. The van der Waals surface area contributed by atoms with Crippen LogP contribution in [0.25, 0.3) is 0 Å². The van der Waals surface area contributed by atoms with Gasteiger partial charge in [0.1, 0.15) is 5.70 Å². The van der Waals surface area contributed by atoms with Crippen molar-refractivity contribution in [2.45, 2.75) is 20.1 Å². The van der Waals surface area contributed by atoms with Gasteiger partial charge in [0.05, 0.1) is 5.56 Å². The lowest BCUT2D eigenvalue weighted by molar-refractivity contribution is -0.152. The molecule has 1 N–H and O–H groups in total. The molecule has 2 aromatic carbocycles. The molecule has 5 nitrogen and oxygen atoms in total. The van der Waals surface area contributed by atoms with Crippen LogP contribution in [0.1, 0.15) is 21.5 Å². The van der Waals surface area contributed by atoms with E-state index in [1.54, 1.807) is 24.3 Å². The van der Waals surface area contributed by atoms with Gasteiger partial charge in [-0.05, 0) is 65.2 Å². The first-order valence-corrected chi connectivity index (χ1v) is 8.94. The predicted octanol–water partition coefficient (Wildman–Crippen LogP) is 4.67. The minimum Gasteiger partial charge on any atom is -0.415 e. The molecule has 0 bridgehead atoms. The molecule has 1 aliphatic rings. The average molecular weight is 437 g/mol. The number of rotatable bonds is 4. The molecule has 0 spiro atoms. The Kier molecular flexibility index (Phi) is 5.34. The fraction of sp³-hybridized carbons (Fsp3) is 0.158. The van der Waals surface area contributed by atoms with Crippen LogP contribution >= 0.6 is 27.5 Å². The van der Waals surface area contributed by atoms with Crippen molar-refractivity contribution in [1.29, 1.82) is 0 Å². The molecule has 26 heavy (non-hydrogen) atoms. The number of cyclic esters (lactones) is 1. The summed E-state index contributed by atoms with van der Waals surface area (Å²) in [5, 5.41) is 2.88. The number of carbonyl (C=O) groups is 2. The van der Waals surface area contributed by atoms with Gasteiger partial charge in [-0.2, -0.15) is 0 Å². The van der Waals surface area contributed by atoms with E-state index < -0.39 is 18.2 Å². The number of nitrogens with one attached hydrogen (secondary N) is 1. The maximum Gasteiger partial charge on any atom is 0.355 e. The fourth-order valence-corrected chi connectivity index (χ4v) is 3.01. The van der Waals surface area contributed by atoms with Gasteiger partial charge in [0.2, 0.25) is 0 Å². The van der Waals surface area contributed by atoms with Gasteiger partial charge in [0.25, 0.3) is 6.29 Å². The highest BCUT2D eigenvalue weighted by molar-refractivity contribution is 9.10. The van der Waals surface area contributed by atoms with Crippen molar-refractivity contribution in [2.24, 2.45) is 0 Å². The first-order chi connectivity index (χ1) is 12.4. The summed E-state index contributed by atoms with van der Waals surface area (Å²) >= 11 is 9.34. The average Bonchev–Trinajstić information content (AvgIpc) is 2.86. The summed E-state index contributed by atoms with van der Waals surface area (Å²) in [6.07, 6.45) is -1.24. The maximum absolute atomic E-state index is 12.4. The zero-order valence-electron chi connectivity index (χ0n) is 14.0. The minimum absolute atomic E-state index is 0.145. The fourth-order valence-electron chi connectivity index (χ4n) is 2.38. The molecule has 0 radical (unpaired) electrons. The summed E-state index contributed by atoms with van der Waals surface area (Å²) in [7, 11) is 0. The summed E-state index contributed by atoms with van der Waals surface area (Å²) in [6, 6.07) is 12.5. The highest BCUT2D eigenvalue weighted by atomic mass is 79.9. The van der Waals surface area contributed by atoms with E-state index in [0.29, 0.717) is 15.7 Å². The van der Waals surface area contributed by atoms with Gasteiger partial charge in [-0.1, -0.05) is 29.8 Å². The Bertz CT molecular complexity index is 926. The number of anilines is 1. The van der Waals surface area contributed by atoms with Crippen molar-refractivity contribution in [3.05, 3.63) is 74.4 Å². The van der Waals surface area contributed by atoms with Crippen LogP contribution in [0, 0.1) is 13.8 Å². The predicted molar refractivity (Wildman–Crippen MR) is 102 cm³/mol. The van der Waals surface area contributed by atoms with Gasteiger partial charge in [-0.25, -0.2) is 9.59 Å². The molecular weight excluding hydrogens is 422 g/mol. The van der Waals surface area contributed by atoms with Crippen LogP contribution in [0.2, 0.25) is 0 Å². The van der Waals surface area contributed by atoms with Crippen LogP contribution < -0.4 is 5.32 Å². The molecule has 7 heteroatoms. The number of benzene rings is 2. The molecule has 0 aromatic heterocycles. The molecule has 1 heterocycles. The van der Waals surface area contributed by atoms with Crippen molar-refractivity contribution in [2.75, 3.05) is 5.32 Å². The Labute approximate surface area is 164 Å². The van der Waals surface area contributed by atoms with E-state index in [4.69, 9.17) is 21.1 Å². The molecule has 0 amide bonds. The monoisotopic (exact) mass is 435 g/mol. The first-order valence-electron chi connectivity index (χ1n) is 7.77. The van der Waals surface area contributed by atoms with E-state index in [2.05, 4.69) is 21.2 Å². The Hall–Kier alpha value is -2.31. The zero-order chi connectivity index (χ0) is 18.8. The van der Waals surface area contributed by atoms with E-state index in [-0.39, 0.29) is 10.7 Å². The molecule has 0 aliphatic carbocycles. The van der Waals surface area contributed by atoms with Gasteiger partial charge >= 0.3 is 11.9 Å². The SMILES string of the molecule is Cc1ccc(NC2=C(Cl)C(=O)O[C@@H]2OC(=O)c2ccccc2Br)cc1C. The Balaban J connectivity index is 1.83. The van der Waals surface area contributed by atoms with E-state index in [1.807, 2.05) is 32.0 Å². The van der Waals surface area contributed by atoms with Crippen molar-refractivity contribution in [1.82, 2.24) is 0 Å². The maximum atomic E-state index is 12.4. The third-order valence-electron chi connectivity index (χ3n) is 3.96. The van der Waals surface area contributed by atoms with Gasteiger partial charge in [-0.3, -0.25) is 0 Å². The number of aryl methyl sites for hydroxylation is 2. The third-order valence-corrected chi connectivity index (χ3v) is 5.01. The normalized spacial score (nSPS) is 16.5. The quantitative estimate of drug-likeness (QED) is 0.706. The lowest BCUT2D eigenvalue weighted by Gasteiger charge is -2.17. The lowest BCUT2D eigenvalue weighted by atomic mass is 10.1. The van der Waals surface area contributed by atoms with Crippen LogP contribution in [0.15, 0.2) is 57.7 Å². The van der Waals surface area contributed by atoms with Crippen LogP contribution in [0.3, 0.4) is 0 Å². The Morgan fingerprint density at radius 3 is 2.62 bits per heavy atom. The van der Waals surface area contributed by atoms with Crippen LogP contribution in [0.5, 0.6) is 0 Å².